The zero-order chi connectivity index (χ0) is 31.9. The van der Waals surface area contributed by atoms with Gasteiger partial charge in [0, 0.05) is 17.8 Å². The maximum atomic E-state index is 16.0. The lowest BCUT2D eigenvalue weighted by atomic mass is 10.1. The number of rotatable bonds is 9. The number of halogens is 5. The first-order chi connectivity index (χ1) is 21.3. The lowest BCUT2D eigenvalue weighted by Crippen LogP contribution is -2.19. The Bertz CT molecular complexity index is 2030. The van der Waals surface area contributed by atoms with E-state index < -0.39 is 59.7 Å². The summed E-state index contributed by atoms with van der Waals surface area (Å²) in [7, 11) is -8.00. The van der Waals surface area contributed by atoms with Crippen LogP contribution in [0.5, 0.6) is 0 Å². The molecule has 9 nitrogen and oxygen atoms in total. The number of anilines is 2. The Labute approximate surface area is 257 Å². The van der Waals surface area contributed by atoms with Gasteiger partial charge in [0.05, 0.1) is 38.9 Å². The minimum atomic E-state index is -4.93. The van der Waals surface area contributed by atoms with E-state index in [1.54, 1.807) is 0 Å². The second-order valence-corrected chi connectivity index (χ2v) is 16.1. The summed E-state index contributed by atoms with van der Waals surface area (Å²) >= 11 is 0.900. The third-order valence-electron chi connectivity index (χ3n) is 8.35. The maximum absolute atomic E-state index is 16.0. The van der Waals surface area contributed by atoms with Crippen LogP contribution in [0.15, 0.2) is 53.6 Å². The van der Waals surface area contributed by atoms with Gasteiger partial charge in [-0.3, -0.25) is 4.72 Å². The molecule has 4 aromatic rings. The van der Waals surface area contributed by atoms with Crippen molar-refractivity contribution >= 4 is 42.8 Å². The first-order valence-corrected chi connectivity index (χ1v) is 17.8. The predicted octanol–water partition coefficient (Wildman–Crippen LogP) is 5.24. The van der Waals surface area contributed by atoms with Gasteiger partial charge in [0.2, 0.25) is 12.4 Å². The molecule has 0 bridgehead atoms. The van der Waals surface area contributed by atoms with Gasteiger partial charge in [0.1, 0.15) is 16.6 Å². The summed E-state index contributed by atoms with van der Waals surface area (Å²) in [4.78, 5) is 12.0. The number of alkyl halides is 2. The molecule has 1 saturated heterocycles. The zero-order valence-corrected chi connectivity index (χ0v) is 25.3. The minimum absolute atomic E-state index is 0.0522. The van der Waals surface area contributed by atoms with Crippen molar-refractivity contribution < 1.29 is 38.8 Å². The van der Waals surface area contributed by atoms with Crippen LogP contribution in [-0.2, 0) is 25.3 Å². The van der Waals surface area contributed by atoms with Crippen LogP contribution in [0.25, 0.3) is 21.8 Å². The molecule has 3 atom stereocenters. The van der Waals surface area contributed by atoms with Crippen LogP contribution < -0.4 is 10.0 Å². The molecule has 2 saturated carbocycles. The molecule has 3 heterocycles. The van der Waals surface area contributed by atoms with Gasteiger partial charge in [-0.05, 0) is 55.0 Å². The van der Waals surface area contributed by atoms with Crippen molar-refractivity contribution in [3.05, 3.63) is 71.1 Å². The summed E-state index contributed by atoms with van der Waals surface area (Å²) < 4.78 is 124. The minimum Gasteiger partial charge on any atom is -0.351 e. The van der Waals surface area contributed by atoms with Crippen LogP contribution in [0.2, 0.25) is 0 Å². The van der Waals surface area contributed by atoms with E-state index in [-0.39, 0.29) is 75.0 Å². The molecule has 45 heavy (non-hydrogen) atoms. The molecule has 2 aromatic heterocycles. The number of sulfone groups is 1. The molecule has 1 aliphatic heterocycles. The third kappa shape index (κ3) is 5.23. The number of sulfonamides is 1. The summed E-state index contributed by atoms with van der Waals surface area (Å²) in [5.74, 6) is -3.74. The molecule has 3 fully saturated rings. The lowest BCUT2D eigenvalue weighted by molar-refractivity contribution is 0.102. The maximum Gasteiger partial charge on any atom is 0.267 e. The molecule has 0 spiro atoms. The molecule has 0 unspecified atom stereocenters. The van der Waals surface area contributed by atoms with Crippen LogP contribution >= 0.6 is 11.3 Å². The number of benzene rings is 2. The molecular formula is C28H22F5N5O4S3. The first-order valence-electron chi connectivity index (χ1n) is 13.7. The van der Waals surface area contributed by atoms with E-state index in [0.29, 0.717) is 0 Å². The molecular weight excluding hydrogens is 662 g/mol. The number of nitrogens with zero attached hydrogens (tertiary/aromatic N) is 3. The van der Waals surface area contributed by atoms with Crippen LogP contribution in [0.3, 0.4) is 0 Å². The standard InChI is InChI=1S/C28H22F5N5O4S3/c29-16-4-2-5-17(30)24(16)45(41,42)38-18-6-1-3-13(20(18)31)22-23(43-26(36-22)28(8-9-28)25(32)33)19-7-10-34-27(35-19)37-21-14-11-44(39,40)12-15(14)21/h1-7,10,14-15,21,25,38H,8-9,11-12H2,(H,34,35,37)/t14-,15+,21+. The molecule has 2 aliphatic carbocycles. The highest BCUT2D eigenvalue weighted by Crippen LogP contribution is 2.56. The fourth-order valence-electron chi connectivity index (χ4n) is 5.75. The normalized spacial score (nSPS) is 22.7. The number of hydrogen-bond donors (Lipinski definition) is 2. The van der Waals surface area contributed by atoms with Gasteiger partial charge in [-0.25, -0.2) is 53.7 Å². The van der Waals surface area contributed by atoms with Crippen LogP contribution in [-0.4, -0.2) is 55.8 Å². The first kappa shape index (κ1) is 30.0. The largest absolute Gasteiger partial charge is 0.351 e. The highest BCUT2D eigenvalue weighted by molar-refractivity contribution is 7.92. The Morgan fingerprint density at radius 3 is 2.27 bits per heavy atom. The smallest absolute Gasteiger partial charge is 0.267 e. The van der Waals surface area contributed by atoms with Crippen molar-refractivity contribution in [3.63, 3.8) is 0 Å². The van der Waals surface area contributed by atoms with E-state index >= 15 is 4.39 Å². The topological polar surface area (TPSA) is 131 Å². The third-order valence-corrected chi connectivity index (χ3v) is 12.9. The van der Waals surface area contributed by atoms with Gasteiger partial charge in [0.15, 0.2) is 20.5 Å². The van der Waals surface area contributed by atoms with Crippen molar-refractivity contribution in [2.24, 2.45) is 11.8 Å². The van der Waals surface area contributed by atoms with Crippen molar-refractivity contribution in [2.75, 3.05) is 21.5 Å². The van der Waals surface area contributed by atoms with Crippen molar-refractivity contribution in [3.8, 4) is 21.8 Å². The fourth-order valence-corrected chi connectivity index (χ4v) is 10.5. The Hall–Kier alpha value is -3.70. The van der Waals surface area contributed by atoms with E-state index in [1.165, 1.54) is 24.4 Å². The monoisotopic (exact) mass is 683 g/mol. The van der Waals surface area contributed by atoms with E-state index in [0.717, 1.165) is 35.6 Å². The Balaban J connectivity index is 1.27. The molecule has 7 rings (SSSR count). The summed E-state index contributed by atoms with van der Waals surface area (Å²) in [5, 5.41) is 3.18. The Morgan fingerprint density at radius 2 is 1.62 bits per heavy atom. The van der Waals surface area contributed by atoms with Gasteiger partial charge in [0.25, 0.3) is 10.0 Å². The summed E-state index contributed by atoms with van der Waals surface area (Å²) in [5.41, 5.74) is -2.29. The van der Waals surface area contributed by atoms with E-state index in [2.05, 4.69) is 20.3 Å². The van der Waals surface area contributed by atoms with Crippen LogP contribution in [0.1, 0.15) is 17.8 Å². The van der Waals surface area contributed by atoms with E-state index in [1.807, 2.05) is 4.72 Å². The van der Waals surface area contributed by atoms with Crippen molar-refractivity contribution in [1.29, 1.82) is 0 Å². The highest BCUT2D eigenvalue weighted by Gasteiger charge is 2.59. The van der Waals surface area contributed by atoms with Gasteiger partial charge in [-0.2, -0.15) is 0 Å². The molecule has 0 radical (unpaired) electrons. The fraction of sp³-hybridized carbons (Fsp3) is 0.321. The average molecular weight is 684 g/mol. The van der Waals surface area contributed by atoms with Crippen LogP contribution in [0.4, 0.5) is 33.6 Å². The Kier molecular flexibility index (Phi) is 6.94. The summed E-state index contributed by atoms with van der Waals surface area (Å²) in [6, 6.07) is 7.40. The van der Waals surface area contributed by atoms with Gasteiger partial charge in [-0.1, -0.05) is 12.1 Å². The summed E-state index contributed by atoms with van der Waals surface area (Å²) in [6.45, 7) is 0. The van der Waals surface area contributed by atoms with Gasteiger partial charge in [-0.15, -0.1) is 11.3 Å². The van der Waals surface area contributed by atoms with Gasteiger partial charge < -0.3 is 5.32 Å². The lowest BCUT2D eigenvalue weighted by Gasteiger charge is -2.13. The number of nitrogens with one attached hydrogen (secondary N) is 2. The van der Waals surface area contributed by atoms with Gasteiger partial charge >= 0.3 is 0 Å². The molecule has 0 amide bonds. The quantitative estimate of drug-likeness (QED) is 0.229. The summed E-state index contributed by atoms with van der Waals surface area (Å²) in [6.07, 6.45) is -1.00. The predicted molar refractivity (Wildman–Crippen MR) is 156 cm³/mol. The number of aromatic nitrogens is 3. The number of fused-ring (bicyclic) bond motifs is 1. The average Bonchev–Trinajstić information content (AvgIpc) is 3.79. The SMILES string of the molecule is O=S1(=O)C[C@@H]2[C@H](C1)[C@H]2Nc1nccc(-c2sc(C3(C(F)F)CC3)nc2-c2cccc(NS(=O)(=O)c3c(F)cccc3F)c2F)n1. The van der Waals surface area contributed by atoms with E-state index in [4.69, 9.17) is 0 Å². The number of thiazole rings is 1. The number of hydrogen-bond acceptors (Lipinski definition) is 9. The molecule has 17 heteroatoms. The molecule has 3 aliphatic rings. The molecule has 2 aromatic carbocycles. The van der Waals surface area contributed by atoms with Crippen molar-refractivity contribution in [2.45, 2.75) is 35.6 Å². The Morgan fingerprint density at radius 1 is 0.956 bits per heavy atom. The second-order valence-electron chi connectivity index (χ2n) is 11.3. The zero-order valence-electron chi connectivity index (χ0n) is 22.8. The molecule has 2 N–H and O–H groups in total. The van der Waals surface area contributed by atoms with Crippen molar-refractivity contribution in [1.82, 2.24) is 15.0 Å². The highest BCUT2D eigenvalue weighted by atomic mass is 32.2. The molecule has 236 valence electrons. The second kappa shape index (κ2) is 10.4. The van der Waals surface area contributed by atoms with Crippen LogP contribution in [0, 0.1) is 29.3 Å². The van der Waals surface area contributed by atoms with E-state index in [9.17, 15) is 34.4 Å².